The Morgan fingerprint density at radius 2 is 1.86 bits per heavy atom. The van der Waals surface area contributed by atoms with Crippen LogP contribution in [-0.4, -0.2) is 48.1 Å². The Kier molecular flexibility index (Phi) is 5.75. The fourth-order valence-electron chi connectivity index (χ4n) is 2.45. The van der Waals surface area contributed by atoms with E-state index in [-0.39, 0.29) is 5.91 Å². The van der Waals surface area contributed by atoms with E-state index >= 15 is 0 Å². The van der Waals surface area contributed by atoms with Crippen LogP contribution in [0.15, 0.2) is 18.3 Å². The average Bonchev–Trinajstić information content (AvgIpc) is 2.83. The van der Waals surface area contributed by atoms with E-state index in [1.165, 1.54) is 13.3 Å². The Bertz CT molecular complexity index is 507. The summed E-state index contributed by atoms with van der Waals surface area (Å²) in [4.78, 5) is 30.1. The van der Waals surface area contributed by atoms with Crippen LogP contribution in [0.2, 0.25) is 0 Å². The van der Waals surface area contributed by atoms with Gasteiger partial charge in [-0.25, -0.2) is 9.78 Å². The molecule has 1 aromatic heterocycles. The molecule has 2 heterocycles. The Hall–Kier alpha value is -2.11. The number of methoxy groups -OCH3 is 1. The van der Waals surface area contributed by atoms with E-state index < -0.39 is 12.1 Å². The van der Waals surface area contributed by atoms with Crippen LogP contribution in [0, 0.1) is 0 Å². The van der Waals surface area contributed by atoms with Gasteiger partial charge >= 0.3 is 5.97 Å². The lowest BCUT2D eigenvalue weighted by atomic mass is 10.2. The normalized spacial score (nSPS) is 16.5. The van der Waals surface area contributed by atoms with Crippen LogP contribution in [0.5, 0.6) is 5.88 Å². The Morgan fingerprint density at radius 3 is 2.41 bits per heavy atom. The minimum atomic E-state index is -0.785. The SMILES string of the molecule is COc1ccc(C(=O)OC(C)C(=O)N2CCCCCC2)cn1. The average molecular weight is 306 g/mol. The molecular weight excluding hydrogens is 284 g/mol. The highest BCUT2D eigenvalue weighted by Crippen LogP contribution is 2.13. The van der Waals surface area contributed by atoms with Crippen LogP contribution < -0.4 is 4.74 Å². The zero-order chi connectivity index (χ0) is 15.9. The molecule has 6 nitrogen and oxygen atoms in total. The number of hydrogen-bond donors (Lipinski definition) is 0. The number of ether oxygens (including phenoxy) is 2. The monoisotopic (exact) mass is 306 g/mol. The predicted molar refractivity (Wildman–Crippen MR) is 80.7 cm³/mol. The summed E-state index contributed by atoms with van der Waals surface area (Å²) in [7, 11) is 1.50. The molecule has 22 heavy (non-hydrogen) atoms. The van der Waals surface area contributed by atoms with Crippen molar-refractivity contribution in [2.75, 3.05) is 20.2 Å². The maximum atomic E-state index is 12.3. The van der Waals surface area contributed by atoms with Crippen molar-refractivity contribution in [3.05, 3.63) is 23.9 Å². The van der Waals surface area contributed by atoms with Crippen LogP contribution >= 0.6 is 0 Å². The third-order valence-corrected chi connectivity index (χ3v) is 3.73. The number of hydrogen-bond acceptors (Lipinski definition) is 5. The van der Waals surface area contributed by atoms with Crippen LogP contribution in [-0.2, 0) is 9.53 Å². The van der Waals surface area contributed by atoms with Crippen LogP contribution in [0.1, 0.15) is 43.0 Å². The Labute approximate surface area is 130 Å². The van der Waals surface area contributed by atoms with Gasteiger partial charge in [-0.1, -0.05) is 12.8 Å². The van der Waals surface area contributed by atoms with E-state index in [9.17, 15) is 9.59 Å². The highest BCUT2D eigenvalue weighted by atomic mass is 16.5. The summed E-state index contributed by atoms with van der Waals surface area (Å²) in [5, 5.41) is 0. The molecule has 6 heteroatoms. The van der Waals surface area contributed by atoms with Gasteiger partial charge in [-0.2, -0.15) is 0 Å². The number of amides is 1. The van der Waals surface area contributed by atoms with Crippen LogP contribution in [0.4, 0.5) is 0 Å². The van der Waals surface area contributed by atoms with Crippen molar-refractivity contribution in [3.63, 3.8) is 0 Å². The number of nitrogens with zero attached hydrogens (tertiary/aromatic N) is 2. The highest BCUT2D eigenvalue weighted by molar-refractivity contribution is 5.92. The summed E-state index contributed by atoms with van der Waals surface area (Å²) in [6.07, 6.45) is 4.91. The quantitative estimate of drug-likeness (QED) is 0.796. The summed E-state index contributed by atoms with van der Waals surface area (Å²) in [6, 6.07) is 3.15. The van der Waals surface area contributed by atoms with Gasteiger partial charge in [0.2, 0.25) is 5.88 Å². The van der Waals surface area contributed by atoms with E-state index in [1.807, 2.05) is 0 Å². The molecule has 0 radical (unpaired) electrons. The first kappa shape index (κ1) is 16.3. The topological polar surface area (TPSA) is 68.7 Å². The maximum absolute atomic E-state index is 12.3. The zero-order valence-corrected chi connectivity index (χ0v) is 13.1. The summed E-state index contributed by atoms with van der Waals surface area (Å²) < 4.78 is 10.2. The minimum absolute atomic E-state index is 0.128. The van der Waals surface area contributed by atoms with Gasteiger partial charge < -0.3 is 14.4 Å². The van der Waals surface area contributed by atoms with Gasteiger partial charge in [0.25, 0.3) is 5.91 Å². The molecule has 0 bridgehead atoms. The molecule has 1 aliphatic rings. The molecule has 1 saturated heterocycles. The lowest BCUT2D eigenvalue weighted by molar-refractivity contribution is -0.139. The van der Waals surface area contributed by atoms with E-state index in [4.69, 9.17) is 9.47 Å². The van der Waals surface area contributed by atoms with E-state index in [1.54, 1.807) is 24.0 Å². The molecule has 0 spiro atoms. The van der Waals surface area contributed by atoms with Crippen LogP contribution in [0.25, 0.3) is 0 Å². The fraction of sp³-hybridized carbons (Fsp3) is 0.562. The smallest absolute Gasteiger partial charge is 0.340 e. The molecule has 0 aliphatic carbocycles. The number of rotatable bonds is 4. The summed E-state index contributed by atoms with van der Waals surface area (Å²) in [6.45, 7) is 3.09. The molecule has 120 valence electrons. The number of pyridine rings is 1. The van der Waals surface area contributed by atoms with Crippen LogP contribution in [0.3, 0.4) is 0 Å². The summed E-state index contributed by atoms with van der Waals surface area (Å²) >= 11 is 0. The van der Waals surface area contributed by atoms with Crippen molar-refractivity contribution in [1.29, 1.82) is 0 Å². The van der Waals surface area contributed by atoms with Crippen molar-refractivity contribution in [3.8, 4) is 5.88 Å². The van der Waals surface area contributed by atoms with Gasteiger partial charge in [0, 0.05) is 25.4 Å². The summed E-state index contributed by atoms with van der Waals surface area (Å²) in [5.41, 5.74) is 0.302. The molecule has 1 unspecified atom stereocenters. The number of carbonyl (C=O) groups is 2. The van der Waals surface area contributed by atoms with E-state index in [0.29, 0.717) is 11.4 Å². The second kappa shape index (κ2) is 7.77. The largest absolute Gasteiger partial charge is 0.481 e. The lowest BCUT2D eigenvalue weighted by Crippen LogP contribution is -2.40. The fourth-order valence-corrected chi connectivity index (χ4v) is 2.45. The molecule has 1 fully saturated rings. The van der Waals surface area contributed by atoms with Crippen molar-refractivity contribution in [1.82, 2.24) is 9.88 Å². The summed E-state index contributed by atoms with van der Waals surface area (Å²) in [5.74, 6) is -0.257. The zero-order valence-electron chi connectivity index (χ0n) is 13.1. The van der Waals surface area contributed by atoms with Gasteiger partial charge in [0.05, 0.1) is 12.7 Å². The van der Waals surface area contributed by atoms with E-state index in [0.717, 1.165) is 38.8 Å². The first-order valence-corrected chi connectivity index (χ1v) is 7.61. The van der Waals surface area contributed by atoms with Gasteiger partial charge in [-0.05, 0) is 25.8 Å². The minimum Gasteiger partial charge on any atom is -0.481 e. The van der Waals surface area contributed by atoms with Gasteiger partial charge in [-0.3, -0.25) is 4.79 Å². The van der Waals surface area contributed by atoms with Gasteiger partial charge in [0.1, 0.15) is 0 Å². The molecule has 0 N–H and O–H groups in total. The molecule has 2 rings (SSSR count). The van der Waals surface area contributed by atoms with Crippen molar-refractivity contribution in [2.24, 2.45) is 0 Å². The Morgan fingerprint density at radius 1 is 1.18 bits per heavy atom. The molecule has 1 amide bonds. The third kappa shape index (κ3) is 4.19. The second-order valence-corrected chi connectivity index (χ2v) is 5.38. The first-order valence-electron chi connectivity index (χ1n) is 7.61. The van der Waals surface area contributed by atoms with Crippen molar-refractivity contribution < 1.29 is 19.1 Å². The number of esters is 1. The highest BCUT2D eigenvalue weighted by Gasteiger charge is 2.25. The van der Waals surface area contributed by atoms with Gasteiger partial charge in [0.15, 0.2) is 6.10 Å². The molecule has 1 atom stereocenters. The lowest BCUT2D eigenvalue weighted by Gasteiger charge is -2.23. The molecule has 1 aliphatic heterocycles. The molecule has 0 aromatic carbocycles. The number of aromatic nitrogens is 1. The standard InChI is InChI=1S/C16H22N2O4/c1-12(15(19)18-9-5-3-4-6-10-18)22-16(20)13-7-8-14(21-2)17-11-13/h7-8,11-12H,3-6,9-10H2,1-2H3. The van der Waals surface area contributed by atoms with Crippen molar-refractivity contribution >= 4 is 11.9 Å². The van der Waals surface area contributed by atoms with E-state index in [2.05, 4.69) is 4.98 Å². The molecule has 1 aromatic rings. The second-order valence-electron chi connectivity index (χ2n) is 5.38. The maximum Gasteiger partial charge on any atom is 0.340 e. The molecular formula is C16H22N2O4. The number of likely N-dealkylation sites (tertiary alicyclic amines) is 1. The van der Waals surface area contributed by atoms with Gasteiger partial charge in [-0.15, -0.1) is 0 Å². The third-order valence-electron chi connectivity index (χ3n) is 3.73. The first-order chi connectivity index (χ1) is 10.6. The number of carbonyl (C=O) groups excluding carboxylic acids is 2. The predicted octanol–water partition coefficient (Wildman–Crippen LogP) is 2.04. The van der Waals surface area contributed by atoms with Crippen molar-refractivity contribution in [2.45, 2.75) is 38.7 Å². The molecule has 0 saturated carbocycles. The Balaban J connectivity index is 1.92.